The number of anilines is 1. The summed E-state index contributed by atoms with van der Waals surface area (Å²) in [5.74, 6) is -0.297. The summed E-state index contributed by atoms with van der Waals surface area (Å²) in [6, 6.07) is 13.1. The van der Waals surface area contributed by atoms with E-state index in [1.165, 1.54) is 5.56 Å². The van der Waals surface area contributed by atoms with Crippen molar-refractivity contribution in [3.05, 3.63) is 70.0 Å². The molecule has 24 heavy (non-hydrogen) atoms. The molecule has 5 nitrogen and oxygen atoms in total. The minimum atomic E-state index is -0.297. The van der Waals surface area contributed by atoms with E-state index in [0.717, 1.165) is 11.3 Å². The molecule has 6 heteroatoms. The average molecular weight is 341 g/mol. The summed E-state index contributed by atoms with van der Waals surface area (Å²) in [5.41, 5.74) is 4.61. The summed E-state index contributed by atoms with van der Waals surface area (Å²) in [6.07, 6.45) is 0. The zero-order chi connectivity index (χ0) is 17.3. The molecule has 0 bridgehead atoms. The molecule has 0 aliphatic rings. The monoisotopic (exact) mass is 340 g/mol. The van der Waals surface area contributed by atoms with E-state index in [1.807, 2.05) is 50.2 Å². The molecule has 0 unspecified atom stereocenters. The molecule has 0 fully saturated rings. The van der Waals surface area contributed by atoms with Gasteiger partial charge in [-0.15, -0.1) is 5.10 Å². The highest BCUT2D eigenvalue weighted by Crippen LogP contribution is 2.22. The predicted octanol–water partition coefficient (Wildman–Crippen LogP) is 4.10. The smallest absolute Gasteiger partial charge is 0.278 e. The molecule has 0 aliphatic heterocycles. The number of aryl methyl sites for hydroxylation is 2. The molecule has 1 heterocycles. The van der Waals surface area contributed by atoms with Gasteiger partial charge in [0.25, 0.3) is 5.91 Å². The van der Waals surface area contributed by atoms with Gasteiger partial charge < -0.3 is 5.32 Å². The Morgan fingerprint density at radius 2 is 1.83 bits per heavy atom. The van der Waals surface area contributed by atoms with Gasteiger partial charge in [0, 0.05) is 5.69 Å². The van der Waals surface area contributed by atoms with Gasteiger partial charge >= 0.3 is 0 Å². The molecule has 0 radical (unpaired) electrons. The van der Waals surface area contributed by atoms with Gasteiger partial charge in [-0.05, 0) is 56.2 Å². The summed E-state index contributed by atoms with van der Waals surface area (Å²) >= 11 is 6.19. The lowest BCUT2D eigenvalue weighted by Crippen LogP contribution is -2.14. The quantitative estimate of drug-likeness (QED) is 0.781. The highest BCUT2D eigenvalue weighted by molar-refractivity contribution is 6.32. The van der Waals surface area contributed by atoms with E-state index in [1.54, 1.807) is 17.7 Å². The molecule has 0 saturated heterocycles. The molecular weight excluding hydrogens is 324 g/mol. The number of aromatic nitrogens is 3. The van der Waals surface area contributed by atoms with Crippen LogP contribution in [0.25, 0.3) is 5.69 Å². The first-order chi connectivity index (χ1) is 11.5. The molecule has 0 spiro atoms. The second-order valence-corrected chi connectivity index (χ2v) is 6.05. The highest BCUT2D eigenvalue weighted by Gasteiger charge is 2.18. The van der Waals surface area contributed by atoms with E-state index in [-0.39, 0.29) is 11.6 Å². The molecule has 3 rings (SSSR count). The van der Waals surface area contributed by atoms with Crippen LogP contribution in [-0.2, 0) is 0 Å². The van der Waals surface area contributed by atoms with Crippen molar-refractivity contribution in [3.63, 3.8) is 0 Å². The number of hydrogen-bond acceptors (Lipinski definition) is 3. The number of carbonyl (C=O) groups excluding carboxylic acids is 1. The standard InChI is InChI=1S/C18H17ClN4O/c1-11-8-9-14(10-12(11)2)20-18(24)17-13(3)23(22-21-17)16-7-5-4-6-15(16)19/h4-10H,1-3H3,(H,20,24). The molecular formula is C18H17ClN4O. The summed E-state index contributed by atoms with van der Waals surface area (Å²) in [4.78, 5) is 12.5. The largest absolute Gasteiger partial charge is 0.321 e. The van der Waals surface area contributed by atoms with Crippen LogP contribution in [0.5, 0.6) is 0 Å². The van der Waals surface area contributed by atoms with Gasteiger partial charge in [0.2, 0.25) is 0 Å². The van der Waals surface area contributed by atoms with E-state index in [0.29, 0.717) is 16.4 Å². The van der Waals surface area contributed by atoms with Crippen LogP contribution in [0.1, 0.15) is 27.3 Å². The van der Waals surface area contributed by atoms with Crippen molar-refractivity contribution in [2.24, 2.45) is 0 Å². The van der Waals surface area contributed by atoms with Crippen LogP contribution < -0.4 is 5.32 Å². The maximum atomic E-state index is 12.5. The molecule has 3 aromatic rings. The molecule has 1 amide bonds. The first-order valence-corrected chi connectivity index (χ1v) is 7.91. The Hall–Kier alpha value is -2.66. The Labute approximate surface area is 145 Å². The van der Waals surface area contributed by atoms with E-state index in [4.69, 9.17) is 11.6 Å². The molecule has 122 valence electrons. The van der Waals surface area contributed by atoms with Gasteiger partial charge in [-0.3, -0.25) is 4.79 Å². The van der Waals surface area contributed by atoms with Crippen LogP contribution >= 0.6 is 11.6 Å². The van der Waals surface area contributed by atoms with Gasteiger partial charge in [0.05, 0.1) is 16.4 Å². The lowest BCUT2D eigenvalue weighted by atomic mass is 10.1. The zero-order valence-electron chi connectivity index (χ0n) is 13.7. The first-order valence-electron chi connectivity index (χ1n) is 7.53. The van der Waals surface area contributed by atoms with Gasteiger partial charge in [-0.25, -0.2) is 4.68 Å². The van der Waals surface area contributed by atoms with Crippen molar-refractivity contribution < 1.29 is 4.79 Å². The minimum absolute atomic E-state index is 0.271. The van der Waals surface area contributed by atoms with Crippen molar-refractivity contribution in [1.29, 1.82) is 0 Å². The van der Waals surface area contributed by atoms with Gasteiger partial charge in [-0.1, -0.05) is 35.0 Å². The topological polar surface area (TPSA) is 59.8 Å². The Morgan fingerprint density at radius 1 is 1.08 bits per heavy atom. The van der Waals surface area contributed by atoms with Crippen molar-refractivity contribution in [2.45, 2.75) is 20.8 Å². The number of para-hydroxylation sites is 1. The molecule has 1 N–H and O–H groups in total. The van der Waals surface area contributed by atoms with E-state index in [2.05, 4.69) is 15.6 Å². The SMILES string of the molecule is Cc1ccc(NC(=O)c2nnn(-c3ccccc3Cl)c2C)cc1C. The Balaban J connectivity index is 1.89. The Morgan fingerprint density at radius 3 is 2.54 bits per heavy atom. The fourth-order valence-corrected chi connectivity index (χ4v) is 2.62. The summed E-state index contributed by atoms with van der Waals surface area (Å²) in [5, 5.41) is 11.5. The van der Waals surface area contributed by atoms with E-state index < -0.39 is 0 Å². The maximum absolute atomic E-state index is 12.5. The molecule has 1 aromatic heterocycles. The van der Waals surface area contributed by atoms with Crippen molar-refractivity contribution in [1.82, 2.24) is 15.0 Å². The van der Waals surface area contributed by atoms with Crippen LogP contribution in [0.3, 0.4) is 0 Å². The normalized spacial score (nSPS) is 10.7. The van der Waals surface area contributed by atoms with Crippen molar-refractivity contribution in [2.75, 3.05) is 5.32 Å². The number of halogens is 1. The third-order valence-electron chi connectivity index (χ3n) is 3.96. The van der Waals surface area contributed by atoms with Crippen LogP contribution in [0.4, 0.5) is 5.69 Å². The highest BCUT2D eigenvalue weighted by atomic mass is 35.5. The van der Waals surface area contributed by atoms with Gasteiger partial charge in [0.1, 0.15) is 0 Å². The van der Waals surface area contributed by atoms with Crippen molar-refractivity contribution >= 4 is 23.2 Å². The fraction of sp³-hybridized carbons (Fsp3) is 0.167. The molecule has 2 aromatic carbocycles. The molecule has 0 aliphatic carbocycles. The predicted molar refractivity (Wildman–Crippen MR) is 95.0 cm³/mol. The Kier molecular flexibility index (Phi) is 4.36. The third-order valence-corrected chi connectivity index (χ3v) is 4.27. The van der Waals surface area contributed by atoms with Crippen LogP contribution in [-0.4, -0.2) is 20.9 Å². The van der Waals surface area contributed by atoms with Crippen LogP contribution in [0, 0.1) is 20.8 Å². The number of amides is 1. The minimum Gasteiger partial charge on any atom is -0.321 e. The number of hydrogen-bond donors (Lipinski definition) is 1. The van der Waals surface area contributed by atoms with Crippen LogP contribution in [0.15, 0.2) is 42.5 Å². The second kappa shape index (κ2) is 6.45. The van der Waals surface area contributed by atoms with Gasteiger partial charge in [-0.2, -0.15) is 0 Å². The van der Waals surface area contributed by atoms with Gasteiger partial charge in [0.15, 0.2) is 5.69 Å². The number of nitrogens with one attached hydrogen (secondary N) is 1. The average Bonchev–Trinajstić information content (AvgIpc) is 2.93. The number of carbonyl (C=O) groups is 1. The molecule has 0 saturated carbocycles. The lowest BCUT2D eigenvalue weighted by Gasteiger charge is -2.07. The number of nitrogens with zero attached hydrogens (tertiary/aromatic N) is 3. The van der Waals surface area contributed by atoms with E-state index >= 15 is 0 Å². The van der Waals surface area contributed by atoms with Crippen molar-refractivity contribution in [3.8, 4) is 5.69 Å². The summed E-state index contributed by atoms with van der Waals surface area (Å²) in [7, 11) is 0. The Bertz CT molecular complexity index is 917. The first kappa shape index (κ1) is 16.2. The summed E-state index contributed by atoms with van der Waals surface area (Å²) in [6.45, 7) is 5.82. The summed E-state index contributed by atoms with van der Waals surface area (Å²) < 4.78 is 1.57. The lowest BCUT2D eigenvalue weighted by molar-refractivity contribution is 0.102. The number of benzene rings is 2. The van der Waals surface area contributed by atoms with E-state index in [9.17, 15) is 4.79 Å². The second-order valence-electron chi connectivity index (χ2n) is 5.64. The zero-order valence-corrected chi connectivity index (χ0v) is 14.4. The fourth-order valence-electron chi connectivity index (χ4n) is 2.40. The van der Waals surface area contributed by atoms with Crippen LogP contribution in [0.2, 0.25) is 5.02 Å². The molecule has 0 atom stereocenters. The maximum Gasteiger partial charge on any atom is 0.278 e. The third kappa shape index (κ3) is 3.03. The number of rotatable bonds is 3.